The van der Waals surface area contributed by atoms with Gasteiger partial charge in [0, 0.05) is 50.3 Å². The lowest BCUT2D eigenvalue weighted by Crippen LogP contribution is -2.51. The summed E-state index contributed by atoms with van der Waals surface area (Å²) in [5.74, 6) is 0.941. The molecule has 0 radical (unpaired) electrons. The minimum absolute atomic E-state index is 0.0901. The summed E-state index contributed by atoms with van der Waals surface area (Å²) in [6.07, 6.45) is 2.79. The molecule has 1 unspecified atom stereocenters. The molecule has 5 nitrogen and oxygen atoms in total. The molecule has 0 saturated carbocycles. The lowest BCUT2D eigenvalue weighted by molar-refractivity contribution is -0.135. The summed E-state index contributed by atoms with van der Waals surface area (Å²) >= 11 is 0. The van der Waals surface area contributed by atoms with E-state index < -0.39 is 0 Å². The van der Waals surface area contributed by atoms with Crippen LogP contribution in [0.5, 0.6) is 0 Å². The van der Waals surface area contributed by atoms with Crippen molar-refractivity contribution in [3.63, 3.8) is 0 Å². The second kappa shape index (κ2) is 6.67. The zero-order chi connectivity index (χ0) is 17.2. The van der Waals surface area contributed by atoms with Crippen LogP contribution in [0.2, 0.25) is 0 Å². The zero-order valence-corrected chi connectivity index (χ0v) is 14.1. The Morgan fingerprint density at radius 3 is 2.48 bits per heavy atom. The summed E-state index contributed by atoms with van der Waals surface area (Å²) in [4.78, 5) is 33.7. The first-order valence-corrected chi connectivity index (χ1v) is 8.78. The largest absolute Gasteiger partial charge is 0.353 e. The monoisotopic (exact) mass is 335 g/mol. The van der Waals surface area contributed by atoms with Crippen molar-refractivity contribution in [2.24, 2.45) is 5.92 Å². The number of carbonyl (C=O) groups is 2. The molecule has 1 aliphatic carbocycles. The standard InChI is InChI=1S/C20H21N3O2/c24-18-14-16(13-15-5-1-2-6-17(15)18)20(25)23-11-9-22(10-12-23)19-7-3-4-8-21-19/h1-8,16H,9-14H2. The number of anilines is 1. The van der Waals surface area contributed by atoms with Gasteiger partial charge >= 0.3 is 0 Å². The van der Waals surface area contributed by atoms with E-state index in [1.807, 2.05) is 47.4 Å². The molecular formula is C20H21N3O2. The van der Waals surface area contributed by atoms with Gasteiger partial charge in [-0.05, 0) is 24.1 Å². The molecule has 1 aliphatic heterocycles. The highest BCUT2D eigenvalue weighted by Gasteiger charge is 2.33. The number of piperazine rings is 1. The molecular weight excluding hydrogens is 314 g/mol. The minimum Gasteiger partial charge on any atom is -0.353 e. The SMILES string of the molecule is O=C1CC(C(=O)N2CCN(c3ccccn3)CC2)Cc2ccccc21. The smallest absolute Gasteiger partial charge is 0.226 e. The van der Waals surface area contributed by atoms with E-state index in [4.69, 9.17) is 0 Å². The van der Waals surface area contributed by atoms with Gasteiger partial charge in [0.25, 0.3) is 0 Å². The Kier molecular flexibility index (Phi) is 4.22. The zero-order valence-electron chi connectivity index (χ0n) is 14.1. The fourth-order valence-corrected chi connectivity index (χ4v) is 3.77. The molecule has 0 spiro atoms. The first-order chi connectivity index (χ1) is 12.2. The normalized spacial score (nSPS) is 20.3. The number of carbonyl (C=O) groups excluding carboxylic acids is 2. The van der Waals surface area contributed by atoms with Gasteiger partial charge < -0.3 is 9.80 Å². The van der Waals surface area contributed by atoms with E-state index in [1.54, 1.807) is 6.20 Å². The molecule has 128 valence electrons. The van der Waals surface area contributed by atoms with Crippen LogP contribution in [0.4, 0.5) is 5.82 Å². The molecule has 1 fully saturated rings. The van der Waals surface area contributed by atoms with Crippen LogP contribution in [-0.2, 0) is 11.2 Å². The van der Waals surface area contributed by atoms with Crippen LogP contribution in [0.15, 0.2) is 48.7 Å². The van der Waals surface area contributed by atoms with Crippen molar-refractivity contribution < 1.29 is 9.59 Å². The van der Waals surface area contributed by atoms with Crippen molar-refractivity contribution in [1.82, 2.24) is 9.88 Å². The van der Waals surface area contributed by atoms with Gasteiger partial charge in [-0.15, -0.1) is 0 Å². The van der Waals surface area contributed by atoms with Crippen molar-refractivity contribution in [2.75, 3.05) is 31.1 Å². The lowest BCUT2D eigenvalue weighted by Gasteiger charge is -2.37. The molecule has 1 aromatic carbocycles. The molecule has 5 heteroatoms. The van der Waals surface area contributed by atoms with E-state index in [-0.39, 0.29) is 17.6 Å². The van der Waals surface area contributed by atoms with Crippen LogP contribution < -0.4 is 4.90 Å². The quantitative estimate of drug-likeness (QED) is 0.844. The van der Waals surface area contributed by atoms with E-state index in [0.29, 0.717) is 25.9 Å². The number of benzene rings is 1. The van der Waals surface area contributed by atoms with Crippen molar-refractivity contribution in [3.05, 3.63) is 59.8 Å². The third-order valence-electron chi connectivity index (χ3n) is 5.13. The highest BCUT2D eigenvalue weighted by atomic mass is 16.2. The number of hydrogen-bond acceptors (Lipinski definition) is 4. The molecule has 1 atom stereocenters. The molecule has 1 amide bonds. The summed E-state index contributed by atoms with van der Waals surface area (Å²) in [5.41, 5.74) is 1.79. The number of hydrogen-bond donors (Lipinski definition) is 0. The Labute approximate surface area is 147 Å². The fraction of sp³-hybridized carbons (Fsp3) is 0.350. The summed E-state index contributed by atoms with van der Waals surface area (Å²) in [6.45, 7) is 2.92. The maximum Gasteiger partial charge on any atom is 0.226 e. The Bertz CT molecular complexity index is 783. The van der Waals surface area contributed by atoms with E-state index in [2.05, 4.69) is 9.88 Å². The number of rotatable bonds is 2. The van der Waals surface area contributed by atoms with E-state index in [9.17, 15) is 9.59 Å². The van der Waals surface area contributed by atoms with Crippen LogP contribution in [0, 0.1) is 5.92 Å². The van der Waals surface area contributed by atoms with Gasteiger partial charge in [-0.1, -0.05) is 30.3 Å². The van der Waals surface area contributed by atoms with Crippen LogP contribution >= 0.6 is 0 Å². The van der Waals surface area contributed by atoms with E-state index in [0.717, 1.165) is 30.0 Å². The number of amides is 1. The summed E-state index contributed by atoms with van der Waals surface area (Å²) in [5, 5.41) is 0. The maximum atomic E-state index is 12.9. The first kappa shape index (κ1) is 15.8. The Hall–Kier alpha value is -2.69. The average molecular weight is 335 g/mol. The van der Waals surface area contributed by atoms with Crippen LogP contribution in [0.1, 0.15) is 22.3 Å². The number of aromatic nitrogens is 1. The third kappa shape index (κ3) is 3.14. The van der Waals surface area contributed by atoms with E-state index in [1.165, 1.54) is 0 Å². The third-order valence-corrected chi connectivity index (χ3v) is 5.13. The number of Topliss-reactive ketones (excluding diaryl/α,β-unsaturated/α-hetero) is 1. The number of pyridine rings is 1. The van der Waals surface area contributed by atoms with Crippen LogP contribution in [0.25, 0.3) is 0 Å². The molecule has 2 heterocycles. The Balaban J connectivity index is 1.41. The second-order valence-electron chi connectivity index (χ2n) is 6.69. The lowest BCUT2D eigenvalue weighted by atomic mass is 9.82. The van der Waals surface area contributed by atoms with Crippen molar-refractivity contribution in [3.8, 4) is 0 Å². The van der Waals surface area contributed by atoms with Gasteiger partial charge in [-0.2, -0.15) is 0 Å². The fourth-order valence-electron chi connectivity index (χ4n) is 3.77. The predicted octanol–water partition coefficient (Wildman–Crippen LogP) is 2.18. The molecule has 1 saturated heterocycles. The van der Waals surface area contributed by atoms with Gasteiger partial charge in [0.05, 0.1) is 0 Å². The van der Waals surface area contributed by atoms with Gasteiger partial charge in [0.2, 0.25) is 5.91 Å². The van der Waals surface area contributed by atoms with Gasteiger partial charge in [0.15, 0.2) is 5.78 Å². The van der Waals surface area contributed by atoms with Crippen LogP contribution in [-0.4, -0.2) is 47.8 Å². The predicted molar refractivity (Wildman–Crippen MR) is 95.6 cm³/mol. The maximum absolute atomic E-state index is 12.9. The van der Waals surface area contributed by atoms with Gasteiger partial charge in [0.1, 0.15) is 5.82 Å². The highest BCUT2D eigenvalue weighted by molar-refractivity contribution is 6.01. The molecule has 0 bridgehead atoms. The minimum atomic E-state index is -0.219. The molecule has 4 rings (SSSR count). The molecule has 2 aliphatic rings. The molecule has 0 N–H and O–H groups in total. The van der Waals surface area contributed by atoms with E-state index >= 15 is 0 Å². The topological polar surface area (TPSA) is 53.5 Å². The van der Waals surface area contributed by atoms with Crippen molar-refractivity contribution in [2.45, 2.75) is 12.8 Å². The van der Waals surface area contributed by atoms with Gasteiger partial charge in [-0.25, -0.2) is 4.98 Å². The Morgan fingerprint density at radius 1 is 0.960 bits per heavy atom. The summed E-state index contributed by atoms with van der Waals surface area (Å²) < 4.78 is 0. The molecule has 1 aromatic heterocycles. The van der Waals surface area contributed by atoms with Gasteiger partial charge in [-0.3, -0.25) is 9.59 Å². The number of ketones is 1. The molecule has 25 heavy (non-hydrogen) atoms. The van der Waals surface area contributed by atoms with Crippen LogP contribution in [0.3, 0.4) is 0 Å². The van der Waals surface area contributed by atoms with Crippen molar-refractivity contribution >= 4 is 17.5 Å². The summed E-state index contributed by atoms with van der Waals surface area (Å²) in [6, 6.07) is 13.5. The number of fused-ring (bicyclic) bond motifs is 1. The first-order valence-electron chi connectivity index (χ1n) is 8.78. The summed E-state index contributed by atoms with van der Waals surface area (Å²) in [7, 11) is 0. The Morgan fingerprint density at radius 2 is 1.72 bits per heavy atom. The average Bonchev–Trinajstić information content (AvgIpc) is 2.68. The highest BCUT2D eigenvalue weighted by Crippen LogP contribution is 2.27. The molecule has 2 aromatic rings. The number of nitrogens with zero attached hydrogens (tertiary/aromatic N) is 3. The van der Waals surface area contributed by atoms with Crippen molar-refractivity contribution in [1.29, 1.82) is 0 Å². The second-order valence-corrected chi connectivity index (χ2v) is 6.69.